The Morgan fingerprint density at radius 2 is 1.78 bits per heavy atom. The lowest BCUT2D eigenvalue weighted by Gasteiger charge is -2.37. The molecule has 0 radical (unpaired) electrons. The van der Waals surface area contributed by atoms with Gasteiger partial charge in [-0.1, -0.05) is 6.07 Å². The molecule has 0 bridgehead atoms. The van der Waals surface area contributed by atoms with Crippen molar-refractivity contribution < 1.29 is 4.39 Å². The molecule has 0 amide bonds. The molecule has 0 saturated carbocycles. The van der Waals surface area contributed by atoms with Gasteiger partial charge < -0.3 is 9.80 Å². The quantitative estimate of drug-likeness (QED) is 0.796. The van der Waals surface area contributed by atoms with E-state index in [0.29, 0.717) is 6.04 Å². The van der Waals surface area contributed by atoms with Crippen molar-refractivity contribution in [3.05, 3.63) is 29.1 Å². The minimum atomic E-state index is -0.0733. The number of nitrogens with zero attached hydrogens (tertiary/aromatic N) is 2. The summed E-state index contributed by atoms with van der Waals surface area (Å²) in [5, 5.41) is 0. The summed E-state index contributed by atoms with van der Waals surface area (Å²) in [6.45, 7) is 5.84. The van der Waals surface area contributed by atoms with E-state index in [2.05, 4.69) is 30.0 Å². The maximum Gasteiger partial charge on any atom is 0.147 e. The predicted octanol–water partition coefficient (Wildman–Crippen LogP) is 2.97. The van der Waals surface area contributed by atoms with Gasteiger partial charge in [0.2, 0.25) is 0 Å². The topological polar surface area (TPSA) is 6.48 Å². The Hall–Kier alpha value is -1.09. The Bertz CT molecular complexity index is 397. The molecule has 1 aromatic rings. The molecular weight excluding hydrogens is 227 g/mol. The number of hydrogen-bond acceptors (Lipinski definition) is 2. The molecule has 1 heterocycles. The lowest BCUT2D eigenvalue weighted by Crippen LogP contribution is -2.42. The van der Waals surface area contributed by atoms with Crippen LogP contribution in [0.15, 0.2) is 12.1 Å². The highest BCUT2D eigenvalue weighted by Gasteiger charge is 2.23. The molecule has 0 aromatic heterocycles. The molecule has 1 aliphatic heterocycles. The zero-order valence-electron chi connectivity index (χ0n) is 11.8. The molecule has 1 saturated heterocycles. The van der Waals surface area contributed by atoms with Crippen LogP contribution in [0.5, 0.6) is 0 Å². The van der Waals surface area contributed by atoms with Gasteiger partial charge in [-0.2, -0.15) is 0 Å². The lowest BCUT2D eigenvalue weighted by atomic mass is 10.0. The van der Waals surface area contributed by atoms with Crippen molar-refractivity contribution in [3.63, 3.8) is 0 Å². The van der Waals surface area contributed by atoms with Gasteiger partial charge in [-0.3, -0.25) is 0 Å². The van der Waals surface area contributed by atoms with E-state index in [4.69, 9.17) is 0 Å². The Labute approximate surface area is 109 Å². The van der Waals surface area contributed by atoms with Gasteiger partial charge in [0, 0.05) is 19.1 Å². The Kier molecular flexibility index (Phi) is 3.91. The fourth-order valence-electron chi connectivity index (χ4n) is 2.91. The molecule has 0 unspecified atom stereocenters. The normalized spacial score (nSPS) is 17.6. The van der Waals surface area contributed by atoms with Crippen molar-refractivity contribution in [2.45, 2.75) is 32.7 Å². The fraction of sp³-hybridized carbons (Fsp3) is 0.600. The number of rotatable bonds is 2. The van der Waals surface area contributed by atoms with Crippen LogP contribution in [0, 0.1) is 19.7 Å². The number of halogens is 1. The van der Waals surface area contributed by atoms with Gasteiger partial charge in [0.25, 0.3) is 0 Å². The minimum absolute atomic E-state index is 0.0733. The monoisotopic (exact) mass is 250 g/mol. The predicted molar refractivity (Wildman–Crippen MR) is 74.8 cm³/mol. The van der Waals surface area contributed by atoms with Crippen LogP contribution in [0.1, 0.15) is 24.0 Å². The van der Waals surface area contributed by atoms with Gasteiger partial charge in [0.05, 0.1) is 5.69 Å². The van der Waals surface area contributed by atoms with Crippen molar-refractivity contribution in [1.29, 1.82) is 0 Å². The van der Waals surface area contributed by atoms with Crippen molar-refractivity contribution in [1.82, 2.24) is 4.90 Å². The van der Waals surface area contributed by atoms with Gasteiger partial charge in [0.15, 0.2) is 0 Å². The van der Waals surface area contributed by atoms with E-state index in [9.17, 15) is 4.39 Å². The largest absolute Gasteiger partial charge is 0.369 e. The van der Waals surface area contributed by atoms with Crippen molar-refractivity contribution in [2.24, 2.45) is 0 Å². The first kappa shape index (κ1) is 13.3. The number of hydrogen-bond donors (Lipinski definition) is 0. The molecule has 100 valence electrons. The SMILES string of the molecule is Cc1cc(C)c(N2CCC(N(C)C)CC2)c(F)c1. The number of piperidine rings is 1. The Morgan fingerprint density at radius 3 is 2.28 bits per heavy atom. The average Bonchev–Trinajstić information content (AvgIpc) is 2.28. The second-order valence-electron chi connectivity index (χ2n) is 5.59. The third-order valence-corrected chi connectivity index (χ3v) is 3.91. The molecule has 0 atom stereocenters. The molecule has 1 aromatic carbocycles. The smallest absolute Gasteiger partial charge is 0.147 e. The summed E-state index contributed by atoms with van der Waals surface area (Å²) in [4.78, 5) is 4.47. The standard InChI is InChI=1S/C15H23FN2/c1-11-9-12(2)15(14(16)10-11)18-7-5-13(6-8-18)17(3)4/h9-10,13H,5-8H2,1-4H3. The molecular formula is C15H23FN2. The second kappa shape index (κ2) is 5.27. The average molecular weight is 250 g/mol. The van der Waals surface area contributed by atoms with Crippen molar-refractivity contribution >= 4 is 5.69 Å². The van der Waals surface area contributed by atoms with Gasteiger partial charge in [-0.05, 0) is 58.0 Å². The summed E-state index contributed by atoms with van der Waals surface area (Å²) in [5.41, 5.74) is 2.85. The lowest BCUT2D eigenvalue weighted by molar-refractivity contribution is 0.249. The van der Waals surface area contributed by atoms with Crippen LogP contribution in [0.25, 0.3) is 0 Å². The third kappa shape index (κ3) is 2.66. The van der Waals surface area contributed by atoms with E-state index in [1.807, 2.05) is 13.8 Å². The van der Waals surface area contributed by atoms with Gasteiger partial charge >= 0.3 is 0 Å². The Morgan fingerprint density at radius 1 is 1.17 bits per heavy atom. The molecule has 2 rings (SSSR count). The molecule has 18 heavy (non-hydrogen) atoms. The van der Waals surface area contributed by atoms with E-state index in [0.717, 1.165) is 42.7 Å². The number of anilines is 1. The molecule has 3 heteroatoms. The van der Waals surface area contributed by atoms with E-state index in [1.165, 1.54) is 0 Å². The summed E-state index contributed by atoms with van der Waals surface area (Å²) in [5.74, 6) is -0.0733. The van der Waals surface area contributed by atoms with Crippen molar-refractivity contribution in [2.75, 3.05) is 32.1 Å². The number of benzene rings is 1. The first-order valence-corrected chi connectivity index (χ1v) is 6.67. The van der Waals surface area contributed by atoms with Crippen LogP contribution in [0.4, 0.5) is 10.1 Å². The van der Waals surface area contributed by atoms with E-state index >= 15 is 0 Å². The third-order valence-electron chi connectivity index (χ3n) is 3.91. The van der Waals surface area contributed by atoms with Crippen LogP contribution >= 0.6 is 0 Å². The molecule has 0 N–H and O–H groups in total. The van der Waals surface area contributed by atoms with Crippen LogP contribution in [-0.4, -0.2) is 38.1 Å². The number of aryl methyl sites for hydroxylation is 2. The molecule has 1 fully saturated rings. The summed E-state index contributed by atoms with van der Waals surface area (Å²) in [6, 6.07) is 4.34. The zero-order chi connectivity index (χ0) is 13.3. The maximum atomic E-state index is 14.1. The summed E-state index contributed by atoms with van der Waals surface area (Å²) in [6.07, 6.45) is 2.22. The highest BCUT2D eigenvalue weighted by atomic mass is 19.1. The summed E-state index contributed by atoms with van der Waals surface area (Å²) < 4.78 is 14.1. The zero-order valence-corrected chi connectivity index (χ0v) is 11.8. The first-order chi connectivity index (χ1) is 8.49. The van der Waals surface area contributed by atoms with Gasteiger partial charge in [0.1, 0.15) is 5.82 Å². The van der Waals surface area contributed by atoms with Crippen molar-refractivity contribution in [3.8, 4) is 0 Å². The fourth-order valence-corrected chi connectivity index (χ4v) is 2.91. The molecule has 0 aliphatic carbocycles. The Balaban J connectivity index is 2.15. The van der Waals surface area contributed by atoms with E-state index < -0.39 is 0 Å². The van der Waals surface area contributed by atoms with Crippen LogP contribution in [-0.2, 0) is 0 Å². The van der Waals surface area contributed by atoms with Gasteiger partial charge in [-0.25, -0.2) is 4.39 Å². The van der Waals surface area contributed by atoms with Crippen LogP contribution in [0.2, 0.25) is 0 Å². The summed E-state index contributed by atoms with van der Waals surface area (Å²) >= 11 is 0. The van der Waals surface area contributed by atoms with Gasteiger partial charge in [-0.15, -0.1) is 0 Å². The molecule has 2 nitrogen and oxygen atoms in total. The first-order valence-electron chi connectivity index (χ1n) is 6.67. The highest BCUT2D eigenvalue weighted by molar-refractivity contribution is 5.56. The second-order valence-corrected chi connectivity index (χ2v) is 5.59. The molecule has 0 spiro atoms. The van der Waals surface area contributed by atoms with Crippen LogP contribution < -0.4 is 4.90 Å². The van der Waals surface area contributed by atoms with Crippen LogP contribution in [0.3, 0.4) is 0 Å². The molecule has 1 aliphatic rings. The van der Waals surface area contributed by atoms with E-state index in [1.54, 1.807) is 6.07 Å². The minimum Gasteiger partial charge on any atom is -0.369 e. The maximum absolute atomic E-state index is 14.1. The van der Waals surface area contributed by atoms with E-state index in [-0.39, 0.29) is 5.82 Å². The summed E-state index contributed by atoms with van der Waals surface area (Å²) in [7, 11) is 4.25. The highest BCUT2D eigenvalue weighted by Crippen LogP contribution is 2.28.